The van der Waals surface area contributed by atoms with Crippen molar-refractivity contribution in [1.82, 2.24) is 20.1 Å². The molecule has 6 heteroatoms. The number of aromatic nitrogens is 3. The number of halogens is 1. The van der Waals surface area contributed by atoms with Crippen LogP contribution >= 0.6 is 11.6 Å². The molecule has 3 aromatic rings. The van der Waals surface area contributed by atoms with Crippen LogP contribution in [0.15, 0.2) is 42.5 Å². The smallest absolute Gasteiger partial charge is 0.291 e. The van der Waals surface area contributed by atoms with Crippen molar-refractivity contribution in [3.8, 4) is 17.1 Å². The van der Waals surface area contributed by atoms with Crippen molar-refractivity contribution >= 4 is 17.5 Å². The van der Waals surface area contributed by atoms with Crippen molar-refractivity contribution in [3.63, 3.8) is 0 Å². The van der Waals surface area contributed by atoms with Crippen LogP contribution in [0.1, 0.15) is 53.8 Å². The third-order valence-electron chi connectivity index (χ3n) is 5.49. The molecule has 0 bridgehead atoms. The summed E-state index contributed by atoms with van der Waals surface area (Å²) in [7, 11) is 0. The Labute approximate surface area is 176 Å². The van der Waals surface area contributed by atoms with Crippen LogP contribution in [0.2, 0.25) is 5.02 Å². The van der Waals surface area contributed by atoms with Crippen LogP contribution in [0.5, 0.6) is 0 Å². The van der Waals surface area contributed by atoms with Gasteiger partial charge in [0.25, 0.3) is 5.91 Å². The zero-order valence-electron chi connectivity index (χ0n) is 16.8. The van der Waals surface area contributed by atoms with Crippen LogP contribution in [0.3, 0.4) is 0 Å². The highest BCUT2D eigenvalue weighted by Crippen LogP contribution is 2.27. The van der Waals surface area contributed by atoms with Gasteiger partial charge in [-0.3, -0.25) is 4.79 Å². The molecule has 150 valence electrons. The Morgan fingerprint density at radius 2 is 1.86 bits per heavy atom. The first-order chi connectivity index (χ1) is 14.0. The summed E-state index contributed by atoms with van der Waals surface area (Å²) in [5.41, 5.74) is 3.74. The first kappa shape index (κ1) is 19.6. The fourth-order valence-corrected chi connectivity index (χ4v) is 4.04. The first-order valence-electron chi connectivity index (χ1n) is 10.1. The van der Waals surface area contributed by atoms with Crippen LogP contribution in [0.25, 0.3) is 17.1 Å². The topological polar surface area (TPSA) is 59.8 Å². The molecule has 0 atom stereocenters. The number of benzene rings is 2. The summed E-state index contributed by atoms with van der Waals surface area (Å²) in [4.78, 5) is 17.5. The molecular formula is C23H25ClN4O. The summed E-state index contributed by atoms with van der Waals surface area (Å²) in [6, 6.07) is 13.9. The monoisotopic (exact) mass is 408 g/mol. The number of carbonyl (C=O) groups is 1. The number of nitrogens with one attached hydrogen (secondary N) is 1. The molecule has 2 aromatic carbocycles. The average molecular weight is 409 g/mol. The zero-order chi connectivity index (χ0) is 20.4. The third-order valence-corrected chi connectivity index (χ3v) is 5.90. The molecule has 1 saturated carbocycles. The SMILES string of the molecule is Cc1cccc(-c2nc(C(=O)NC3CCCCC3)nn2-c2cccc(Cl)c2C)c1. The van der Waals surface area contributed by atoms with E-state index >= 15 is 0 Å². The molecule has 0 saturated heterocycles. The van der Waals surface area contributed by atoms with Crippen molar-refractivity contribution in [2.24, 2.45) is 0 Å². The number of hydrogen-bond donors (Lipinski definition) is 1. The maximum Gasteiger partial charge on any atom is 0.291 e. The van der Waals surface area contributed by atoms with Crippen LogP contribution in [-0.4, -0.2) is 26.7 Å². The number of amides is 1. The summed E-state index contributed by atoms with van der Waals surface area (Å²) in [6.45, 7) is 3.98. The van der Waals surface area contributed by atoms with Gasteiger partial charge >= 0.3 is 0 Å². The fraction of sp³-hybridized carbons (Fsp3) is 0.348. The Morgan fingerprint density at radius 3 is 2.62 bits per heavy atom. The van der Waals surface area contributed by atoms with Gasteiger partial charge in [-0.15, -0.1) is 5.10 Å². The van der Waals surface area contributed by atoms with E-state index in [4.69, 9.17) is 11.6 Å². The number of carbonyl (C=O) groups excluding carboxylic acids is 1. The summed E-state index contributed by atoms with van der Waals surface area (Å²) in [5, 5.41) is 8.36. The lowest BCUT2D eigenvalue weighted by atomic mass is 9.95. The standard InChI is InChI=1S/C23H25ClN4O/c1-15-8-6-9-17(14-15)22-26-21(23(29)25-18-10-4-3-5-11-18)27-28(22)20-13-7-12-19(24)16(20)2/h6-9,12-14,18H,3-5,10-11H2,1-2H3,(H,25,29). The summed E-state index contributed by atoms with van der Waals surface area (Å²) in [6.07, 6.45) is 5.59. The molecule has 4 rings (SSSR count). The minimum atomic E-state index is -0.218. The summed E-state index contributed by atoms with van der Waals surface area (Å²) in [5.74, 6) is 0.601. The van der Waals surface area contributed by atoms with E-state index in [1.807, 2.05) is 56.3 Å². The molecule has 29 heavy (non-hydrogen) atoms. The van der Waals surface area contributed by atoms with Gasteiger partial charge in [0, 0.05) is 16.6 Å². The Morgan fingerprint density at radius 1 is 1.10 bits per heavy atom. The van der Waals surface area contributed by atoms with E-state index in [0.29, 0.717) is 10.8 Å². The molecule has 1 N–H and O–H groups in total. The number of hydrogen-bond acceptors (Lipinski definition) is 3. The van der Waals surface area contributed by atoms with E-state index in [-0.39, 0.29) is 17.8 Å². The van der Waals surface area contributed by atoms with E-state index in [2.05, 4.69) is 15.4 Å². The van der Waals surface area contributed by atoms with Gasteiger partial charge in [-0.05, 0) is 50.5 Å². The molecule has 1 heterocycles. The van der Waals surface area contributed by atoms with Crippen molar-refractivity contribution in [3.05, 3.63) is 64.4 Å². The Hall–Kier alpha value is -2.66. The van der Waals surface area contributed by atoms with Gasteiger partial charge in [0.1, 0.15) is 0 Å². The molecule has 1 aliphatic carbocycles. The van der Waals surface area contributed by atoms with Crippen molar-refractivity contribution in [2.75, 3.05) is 0 Å². The number of aryl methyl sites for hydroxylation is 1. The van der Waals surface area contributed by atoms with Crippen LogP contribution in [-0.2, 0) is 0 Å². The van der Waals surface area contributed by atoms with E-state index < -0.39 is 0 Å². The molecule has 0 radical (unpaired) electrons. The van der Waals surface area contributed by atoms with Gasteiger partial charge < -0.3 is 5.32 Å². The molecule has 1 aliphatic rings. The van der Waals surface area contributed by atoms with Gasteiger partial charge in [-0.2, -0.15) is 0 Å². The van der Waals surface area contributed by atoms with Crippen LogP contribution < -0.4 is 5.32 Å². The quantitative estimate of drug-likeness (QED) is 0.639. The molecule has 0 aliphatic heterocycles. The van der Waals surface area contributed by atoms with Crippen molar-refractivity contribution in [2.45, 2.75) is 52.0 Å². The Bertz CT molecular complexity index is 1040. The van der Waals surface area contributed by atoms with Crippen LogP contribution in [0.4, 0.5) is 0 Å². The van der Waals surface area contributed by atoms with E-state index in [0.717, 1.165) is 48.1 Å². The van der Waals surface area contributed by atoms with Crippen molar-refractivity contribution in [1.29, 1.82) is 0 Å². The molecule has 1 fully saturated rings. The average Bonchev–Trinajstić information content (AvgIpc) is 3.16. The maximum absolute atomic E-state index is 12.9. The van der Waals surface area contributed by atoms with Crippen molar-refractivity contribution < 1.29 is 4.79 Å². The van der Waals surface area contributed by atoms with E-state index in [1.54, 1.807) is 4.68 Å². The lowest BCUT2D eigenvalue weighted by Crippen LogP contribution is -2.36. The summed E-state index contributed by atoms with van der Waals surface area (Å²) < 4.78 is 1.73. The molecule has 1 amide bonds. The Kier molecular flexibility index (Phi) is 5.67. The highest BCUT2D eigenvalue weighted by atomic mass is 35.5. The summed E-state index contributed by atoms with van der Waals surface area (Å²) >= 11 is 6.34. The second-order valence-electron chi connectivity index (χ2n) is 7.73. The van der Waals surface area contributed by atoms with E-state index in [9.17, 15) is 4.79 Å². The zero-order valence-corrected chi connectivity index (χ0v) is 17.5. The minimum absolute atomic E-state index is 0.187. The molecule has 0 spiro atoms. The highest BCUT2D eigenvalue weighted by Gasteiger charge is 2.23. The fourth-order valence-electron chi connectivity index (χ4n) is 3.87. The Balaban J connectivity index is 1.76. The molecule has 5 nitrogen and oxygen atoms in total. The molecule has 0 unspecified atom stereocenters. The lowest BCUT2D eigenvalue weighted by Gasteiger charge is -2.21. The first-order valence-corrected chi connectivity index (χ1v) is 10.5. The van der Waals surface area contributed by atoms with Gasteiger partial charge in [0.15, 0.2) is 5.82 Å². The minimum Gasteiger partial charge on any atom is -0.347 e. The van der Waals surface area contributed by atoms with Gasteiger partial charge in [0.2, 0.25) is 5.82 Å². The molecular weight excluding hydrogens is 384 g/mol. The number of nitrogens with zero attached hydrogens (tertiary/aromatic N) is 3. The predicted molar refractivity (Wildman–Crippen MR) is 116 cm³/mol. The van der Waals surface area contributed by atoms with E-state index in [1.165, 1.54) is 6.42 Å². The van der Waals surface area contributed by atoms with Crippen LogP contribution in [0, 0.1) is 13.8 Å². The van der Waals surface area contributed by atoms with Gasteiger partial charge in [-0.25, -0.2) is 9.67 Å². The maximum atomic E-state index is 12.9. The second-order valence-corrected chi connectivity index (χ2v) is 8.14. The normalized spacial score (nSPS) is 14.7. The number of rotatable bonds is 4. The lowest BCUT2D eigenvalue weighted by molar-refractivity contribution is 0.0917. The largest absolute Gasteiger partial charge is 0.347 e. The van der Waals surface area contributed by atoms with Gasteiger partial charge in [0.05, 0.1) is 5.69 Å². The highest BCUT2D eigenvalue weighted by molar-refractivity contribution is 6.31. The van der Waals surface area contributed by atoms with Gasteiger partial charge in [-0.1, -0.05) is 60.7 Å². The molecule has 1 aromatic heterocycles. The second kappa shape index (κ2) is 8.37. The predicted octanol–water partition coefficient (Wildman–Crippen LogP) is 5.27. The third kappa shape index (κ3) is 4.20.